The van der Waals surface area contributed by atoms with E-state index in [0.717, 1.165) is 13.0 Å². The van der Waals surface area contributed by atoms with Gasteiger partial charge in [-0.05, 0) is 15.9 Å². The molecule has 1 atom stereocenters. The van der Waals surface area contributed by atoms with Gasteiger partial charge in [0.25, 0.3) is 0 Å². The van der Waals surface area contributed by atoms with Gasteiger partial charge in [0.15, 0.2) is 0 Å². The Morgan fingerprint density at radius 1 is 1.56 bits per heavy atom. The molecule has 2 rings (SSSR count). The molecule has 0 radical (unpaired) electrons. The lowest BCUT2D eigenvalue weighted by Gasteiger charge is -2.14. The molecule has 86 valence electrons. The number of hydrogen-bond acceptors (Lipinski definition) is 4. The second kappa shape index (κ2) is 4.78. The summed E-state index contributed by atoms with van der Waals surface area (Å²) in [5, 5.41) is 0. The molecule has 1 aliphatic rings. The summed E-state index contributed by atoms with van der Waals surface area (Å²) in [5.41, 5.74) is 0. The van der Waals surface area contributed by atoms with Crippen LogP contribution in [0.3, 0.4) is 0 Å². The van der Waals surface area contributed by atoms with Crippen molar-refractivity contribution in [3.05, 3.63) is 17.0 Å². The Bertz CT molecular complexity index is 382. The van der Waals surface area contributed by atoms with Crippen LogP contribution in [0.25, 0.3) is 0 Å². The van der Waals surface area contributed by atoms with Crippen molar-refractivity contribution in [2.75, 3.05) is 13.1 Å². The zero-order chi connectivity index (χ0) is 11.5. The number of rotatable bonds is 2. The molecule has 1 aliphatic heterocycles. The highest BCUT2D eigenvalue weighted by Crippen LogP contribution is 2.16. The second-order valence-corrected chi connectivity index (χ2v) is 4.48. The highest BCUT2D eigenvalue weighted by atomic mass is 79.9. The van der Waals surface area contributed by atoms with Crippen LogP contribution in [-0.2, 0) is 4.79 Å². The molecule has 1 aromatic rings. The monoisotopic (exact) mass is 285 g/mol. The zero-order valence-corrected chi connectivity index (χ0v) is 10.5. The summed E-state index contributed by atoms with van der Waals surface area (Å²) in [6.45, 7) is 2.96. The van der Waals surface area contributed by atoms with Crippen molar-refractivity contribution in [1.82, 2.24) is 14.9 Å². The first-order valence-electron chi connectivity index (χ1n) is 5.05. The SMILES string of the molecule is CC(=O)N1CCC(Oc2cnc(Br)cn2)C1. The van der Waals surface area contributed by atoms with E-state index in [0.29, 0.717) is 17.0 Å². The van der Waals surface area contributed by atoms with Crippen LogP contribution in [0, 0.1) is 0 Å². The van der Waals surface area contributed by atoms with Crippen molar-refractivity contribution < 1.29 is 9.53 Å². The van der Waals surface area contributed by atoms with E-state index in [4.69, 9.17) is 4.74 Å². The average molecular weight is 286 g/mol. The number of amides is 1. The number of hydrogen-bond donors (Lipinski definition) is 0. The van der Waals surface area contributed by atoms with Crippen LogP contribution in [0.15, 0.2) is 17.0 Å². The third kappa shape index (κ3) is 2.69. The van der Waals surface area contributed by atoms with E-state index in [1.54, 1.807) is 24.2 Å². The molecule has 0 aromatic carbocycles. The lowest BCUT2D eigenvalue weighted by Crippen LogP contribution is -2.28. The molecule has 0 aliphatic carbocycles. The van der Waals surface area contributed by atoms with Gasteiger partial charge in [-0.15, -0.1) is 0 Å². The standard InChI is InChI=1S/C10H12BrN3O2/c1-7(15)14-3-2-8(6-14)16-10-5-12-9(11)4-13-10/h4-5,8H,2-3,6H2,1H3. The van der Waals surface area contributed by atoms with E-state index in [1.807, 2.05) is 0 Å². The summed E-state index contributed by atoms with van der Waals surface area (Å²) in [7, 11) is 0. The minimum Gasteiger partial charge on any atom is -0.471 e. The van der Waals surface area contributed by atoms with E-state index in [1.165, 1.54) is 0 Å². The fourth-order valence-electron chi connectivity index (χ4n) is 1.64. The molecule has 1 unspecified atom stereocenters. The summed E-state index contributed by atoms with van der Waals surface area (Å²) in [5.74, 6) is 0.589. The fourth-order valence-corrected chi connectivity index (χ4v) is 1.85. The Kier molecular flexibility index (Phi) is 3.38. The molecule has 0 bridgehead atoms. The van der Waals surface area contributed by atoms with Crippen molar-refractivity contribution in [2.45, 2.75) is 19.4 Å². The summed E-state index contributed by atoms with van der Waals surface area (Å²) < 4.78 is 6.30. The fraction of sp³-hybridized carbons (Fsp3) is 0.500. The van der Waals surface area contributed by atoms with E-state index in [2.05, 4.69) is 25.9 Å². The van der Waals surface area contributed by atoms with Crippen LogP contribution < -0.4 is 4.74 Å². The van der Waals surface area contributed by atoms with E-state index in [-0.39, 0.29) is 12.0 Å². The number of carbonyl (C=O) groups excluding carboxylic acids is 1. The molecule has 5 nitrogen and oxygen atoms in total. The Hall–Kier alpha value is -1.17. The maximum absolute atomic E-state index is 11.1. The molecule has 0 spiro atoms. The van der Waals surface area contributed by atoms with Crippen LogP contribution in [0.4, 0.5) is 0 Å². The second-order valence-electron chi connectivity index (χ2n) is 3.67. The van der Waals surface area contributed by atoms with Crippen LogP contribution in [0.1, 0.15) is 13.3 Å². The van der Waals surface area contributed by atoms with Gasteiger partial charge in [-0.3, -0.25) is 4.79 Å². The smallest absolute Gasteiger partial charge is 0.232 e. The van der Waals surface area contributed by atoms with E-state index in [9.17, 15) is 4.79 Å². The Balaban J connectivity index is 1.92. The number of likely N-dealkylation sites (tertiary alicyclic amines) is 1. The van der Waals surface area contributed by atoms with Crippen LogP contribution in [0.5, 0.6) is 5.88 Å². The largest absolute Gasteiger partial charge is 0.471 e. The van der Waals surface area contributed by atoms with Gasteiger partial charge in [0.1, 0.15) is 10.7 Å². The number of ether oxygens (including phenoxy) is 1. The van der Waals surface area contributed by atoms with Crippen molar-refractivity contribution in [1.29, 1.82) is 0 Å². The van der Waals surface area contributed by atoms with Crippen molar-refractivity contribution in [3.63, 3.8) is 0 Å². The van der Waals surface area contributed by atoms with Gasteiger partial charge in [-0.1, -0.05) is 0 Å². The van der Waals surface area contributed by atoms with Crippen LogP contribution in [0.2, 0.25) is 0 Å². The molecule has 0 N–H and O–H groups in total. The normalized spacial score (nSPS) is 19.9. The van der Waals surface area contributed by atoms with Gasteiger partial charge in [-0.25, -0.2) is 9.97 Å². The van der Waals surface area contributed by atoms with E-state index < -0.39 is 0 Å². The third-order valence-corrected chi connectivity index (χ3v) is 2.88. The highest BCUT2D eigenvalue weighted by Gasteiger charge is 2.25. The molecule has 1 fully saturated rings. The molecule has 16 heavy (non-hydrogen) atoms. The molecular weight excluding hydrogens is 274 g/mol. The van der Waals surface area contributed by atoms with Crippen molar-refractivity contribution >= 4 is 21.8 Å². The maximum Gasteiger partial charge on any atom is 0.232 e. The highest BCUT2D eigenvalue weighted by molar-refractivity contribution is 9.10. The first-order chi connectivity index (χ1) is 7.65. The quantitative estimate of drug-likeness (QED) is 0.820. The molecule has 1 amide bonds. The van der Waals surface area contributed by atoms with Gasteiger partial charge in [0, 0.05) is 19.9 Å². The third-order valence-electron chi connectivity index (χ3n) is 2.47. The Labute approximate surface area is 102 Å². The predicted molar refractivity (Wildman–Crippen MR) is 61.0 cm³/mol. The van der Waals surface area contributed by atoms with Gasteiger partial charge in [0.05, 0.1) is 18.9 Å². The van der Waals surface area contributed by atoms with Gasteiger partial charge in [0.2, 0.25) is 11.8 Å². The number of halogens is 1. The molecule has 2 heterocycles. The molecule has 6 heteroatoms. The lowest BCUT2D eigenvalue weighted by molar-refractivity contribution is -0.128. The Morgan fingerprint density at radius 2 is 2.38 bits per heavy atom. The Morgan fingerprint density at radius 3 is 2.94 bits per heavy atom. The summed E-state index contributed by atoms with van der Waals surface area (Å²) in [6.07, 6.45) is 4.03. The molecule has 0 saturated carbocycles. The van der Waals surface area contributed by atoms with Crippen molar-refractivity contribution in [2.24, 2.45) is 0 Å². The van der Waals surface area contributed by atoms with Crippen molar-refractivity contribution in [3.8, 4) is 5.88 Å². The minimum absolute atomic E-state index is 0.0272. The first-order valence-corrected chi connectivity index (χ1v) is 5.84. The topological polar surface area (TPSA) is 55.3 Å². The summed E-state index contributed by atoms with van der Waals surface area (Å²) in [4.78, 5) is 21.0. The summed E-state index contributed by atoms with van der Waals surface area (Å²) in [6, 6.07) is 0. The van der Waals surface area contributed by atoms with Crippen LogP contribution in [-0.4, -0.2) is 40.0 Å². The first kappa shape index (κ1) is 11.3. The number of aromatic nitrogens is 2. The zero-order valence-electron chi connectivity index (χ0n) is 8.89. The predicted octanol–water partition coefficient (Wildman–Crippen LogP) is 1.24. The van der Waals surface area contributed by atoms with Crippen LogP contribution >= 0.6 is 15.9 Å². The van der Waals surface area contributed by atoms with Gasteiger partial charge >= 0.3 is 0 Å². The lowest BCUT2D eigenvalue weighted by atomic mass is 10.3. The molecule has 1 saturated heterocycles. The van der Waals surface area contributed by atoms with Gasteiger partial charge < -0.3 is 9.64 Å². The number of carbonyl (C=O) groups is 1. The minimum atomic E-state index is 0.0272. The van der Waals surface area contributed by atoms with E-state index >= 15 is 0 Å². The maximum atomic E-state index is 11.1. The summed E-state index contributed by atoms with van der Waals surface area (Å²) >= 11 is 3.20. The molecular formula is C10H12BrN3O2. The number of nitrogens with zero attached hydrogens (tertiary/aromatic N) is 3. The average Bonchev–Trinajstić information content (AvgIpc) is 2.70. The molecule has 1 aromatic heterocycles. The van der Waals surface area contributed by atoms with Gasteiger partial charge in [-0.2, -0.15) is 0 Å².